The molecule has 1 saturated carbocycles. The third-order valence-electron chi connectivity index (χ3n) is 2.51. The maximum atomic E-state index is 11.6. The number of Topliss-reactive ketones (excluding diaryl/α,β-unsaturated/α-hetero) is 1. The predicted molar refractivity (Wildman–Crippen MR) is 52.6 cm³/mol. The van der Waals surface area contributed by atoms with Crippen LogP contribution in [0.1, 0.15) is 28.8 Å². The molecule has 0 radical (unpaired) electrons. The second-order valence-corrected chi connectivity index (χ2v) is 3.71. The van der Waals surface area contributed by atoms with Crippen molar-refractivity contribution in [3.8, 4) is 0 Å². The van der Waals surface area contributed by atoms with E-state index >= 15 is 0 Å². The Hall–Kier alpha value is -1.31. The molecule has 1 aliphatic rings. The van der Waals surface area contributed by atoms with E-state index < -0.39 is 0 Å². The van der Waals surface area contributed by atoms with E-state index in [-0.39, 0.29) is 11.7 Å². The van der Waals surface area contributed by atoms with Crippen molar-refractivity contribution in [2.75, 3.05) is 5.73 Å². The lowest BCUT2D eigenvalue weighted by atomic mass is 10.0. The summed E-state index contributed by atoms with van der Waals surface area (Å²) in [6.07, 6.45) is 2.10. The first-order valence-corrected chi connectivity index (χ1v) is 4.59. The Morgan fingerprint density at radius 2 is 2.15 bits per heavy atom. The van der Waals surface area contributed by atoms with E-state index in [9.17, 15) is 4.79 Å². The molecule has 68 valence electrons. The van der Waals surface area contributed by atoms with E-state index in [2.05, 4.69) is 0 Å². The van der Waals surface area contributed by atoms with Crippen LogP contribution < -0.4 is 5.73 Å². The zero-order valence-electron chi connectivity index (χ0n) is 7.71. The van der Waals surface area contributed by atoms with E-state index in [0.29, 0.717) is 5.69 Å². The highest BCUT2D eigenvalue weighted by atomic mass is 16.1. The SMILES string of the molecule is Cc1ccc(C(=O)C2CC2)cc1N. The van der Waals surface area contributed by atoms with Crippen LogP contribution in [-0.2, 0) is 0 Å². The summed E-state index contributed by atoms with van der Waals surface area (Å²) < 4.78 is 0. The number of anilines is 1. The first kappa shape index (κ1) is 8.30. The van der Waals surface area contributed by atoms with Gasteiger partial charge in [-0.05, 0) is 31.4 Å². The molecule has 0 bridgehead atoms. The summed E-state index contributed by atoms with van der Waals surface area (Å²) >= 11 is 0. The summed E-state index contributed by atoms with van der Waals surface area (Å²) in [7, 11) is 0. The molecule has 2 nitrogen and oxygen atoms in total. The molecule has 1 aromatic rings. The number of benzene rings is 1. The number of ketones is 1. The zero-order chi connectivity index (χ0) is 9.42. The highest BCUT2D eigenvalue weighted by molar-refractivity contribution is 6.00. The second-order valence-electron chi connectivity index (χ2n) is 3.71. The summed E-state index contributed by atoms with van der Waals surface area (Å²) in [5, 5.41) is 0. The number of rotatable bonds is 2. The van der Waals surface area contributed by atoms with Gasteiger partial charge < -0.3 is 5.73 Å². The van der Waals surface area contributed by atoms with Crippen LogP contribution in [-0.4, -0.2) is 5.78 Å². The molecular formula is C11H13NO. The molecule has 0 amide bonds. The van der Waals surface area contributed by atoms with Crippen LogP contribution in [0, 0.1) is 12.8 Å². The molecule has 0 atom stereocenters. The molecule has 2 heteroatoms. The van der Waals surface area contributed by atoms with E-state index in [0.717, 1.165) is 24.0 Å². The quantitative estimate of drug-likeness (QED) is 0.553. The molecule has 0 spiro atoms. The van der Waals surface area contributed by atoms with Crippen LogP contribution in [0.2, 0.25) is 0 Å². The van der Waals surface area contributed by atoms with Gasteiger partial charge >= 0.3 is 0 Å². The highest BCUT2D eigenvalue weighted by Crippen LogP contribution is 2.33. The Bertz CT molecular complexity index is 353. The topological polar surface area (TPSA) is 43.1 Å². The first-order valence-electron chi connectivity index (χ1n) is 4.59. The predicted octanol–water partition coefficient (Wildman–Crippen LogP) is 2.17. The van der Waals surface area contributed by atoms with Crippen LogP contribution in [0.15, 0.2) is 18.2 Å². The smallest absolute Gasteiger partial charge is 0.166 e. The van der Waals surface area contributed by atoms with Gasteiger partial charge in [-0.1, -0.05) is 12.1 Å². The highest BCUT2D eigenvalue weighted by Gasteiger charge is 2.30. The molecule has 2 rings (SSSR count). The number of nitrogens with two attached hydrogens (primary N) is 1. The standard InChI is InChI=1S/C11H13NO/c1-7-2-3-9(6-10(7)12)11(13)8-4-5-8/h2-3,6,8H,4-5,12H2,1H3. The molecule has 0 unspecified atom stereocenters. The second kappa shape index (κ2) is 2.87. The molecular weight excluding hydrogens is 162 g/mol. The van der Waals surface area contributed by atoms with Crippen LogP contribution >= 0.6 is 0 Å². The number of nitrogen functional groups attached to an aromatic ring is 1. The van der Waals surface area contributed by atoms with Crippen LogP contribution in [0.5, 0.6) is 0 Å². The normalized spacial score (nSPS) is 15.8. The molecule has 1 aliphatic carbocycles. The Morgan fingerprint density at radius 1 is 1.46 bits per heavy atom. The molecule has 0 aromatic heterocycles. The Balaban J connectivity index is 2.30. The van der Waals surface area contributed by atoms with Gasteiger partial charge in [0.2, 0.25) is 0 Å². The minimum atomic E-state index is 0.256. The fraction of sp³-hybridized carbons (Fsp3) is 0.364. The Morgan fingerprint density at radius 3 is 2.69 bits per heavy atom. The first-order chi connectivity index (χ1) is 6.18. The molecule has 2 N–H and O–H groups in total. The van der Waals surface area contributed by atoms with Crippen LogP contribution in [0.3, 0.4) is 0 Å². The van der Waals surface area contributed by atoms with Gasteiger partial charge in [0.1, 0.15) is 0 Å². The lowest BCUT2D eigenvalue weighted by Crippen LogP contribution is -2.02. The van der Waals surface area contributed by atoms with Gasteiger partial charge in [-0.3, -0.25) is 4.79 Å². The lowest BCUT2D eigenvalue weighted by Gasteiger charge is -2.02. The maximum Gasteiger partial charge on any atom is 0.166 e. The third-order valence-corrected chi connectivity index (χ3v) is 2.51. The molecule has 1 aromatic carbocycles. The Kier molecular flexibility index (Phi) is 1.83. The maximum absolute atomic E-state index is 11.6. The molecule has 13 heavy (non-hydrogen) atoms. The summed E-state index contributed by atoms with van der Waals surface area (Å²) in [5.74, 6) is 0.536. The Labute approximate surface area is 77.8 Å². The van der Waals surface area contributed by atoms with Gasteiger partial charge in [0.05, 0.1) is 0 Å². The van der Waals surface area contributed by atoms with Gasteiger partial charge in [0.15, 0.2) is 5.78 Å². The summed E-state index contributed by atoms with van der Waals surface area (Å²) in [6, 6.07) is 5.56. The molecule has 0 aliphatic heterocycles. The van der Waals surface area contributed by atoms with Gasteiger partial charge in [-0.15, -0.1) is 0 Å². The number of aryl methyl sites for hydroxylation is 1. The van der Waals surface area contributed by atoms with Gasteiger partial charge in [-0.2, -0.15) is 0 Å². The summed E-state index contributed by atoms with van der Waals surface area (Å²) in [5.41, 5.74) is 8.24. The zero-order valence-corrected chi connectivity index (χ0v) is 7.71. The fourth-order valence-electron chi connectivity index (χ4n) is 1.37. The van der Waals surface area contributed by atoms with Crippen molar-refractivity contribution in [3.05, 3.63) is 29.3 Å². The summed E-state index contributed by atoms with van der Waals surface area (Å²) in [6.45, 7) is 1.95. The van der Waals surface area contributed by atoms with Crippen molar-refractivity contribution in [3.63, 3.8) is 0 Å². The number of carbonyl (C=O) groups excluding carboxylic acids is 1. The number of carbonyl (C=O) groups is 1. The monoisotopic (exact) mass is 175 g/mol. The van der Waals surface area contributed by atoms with Crippen molar-refractivity contribution < 1.29 is 4.79 Å². The van der Waals surface area contributed by atoms with Crippen molar-refractivity contribution in [2.45, 2.75) is 19.8 Å². The van der Waals surface area contributed by atoms with Crippen molar-refractivity contribution in [1.29, 1.82) is 0 Å². The van der Waals surface area contributed by atoms with Gasteiger partial charge in [0, 0.05) is 17.2 Å². The average molecular weight is 175 g/mol. The van der Waals surface area contributed by atoms with Crippen molar-refractivity contribution >= 4 is 11.5 Å². The van der Waals surface area contributed by atoms with Gasteiger partial charge in [-0.25, -0.2) is 0 Å². The number of hydrogen-bond acceptors (Lipinski definition) is 2. The average Bonchev–Trinajstić information content (AvgIpc) is 2.91. The van der Waals surface area contributed by atoms with Gasteiger partial charge in [0.25, 0.3) is 0 Å². The summed E-state index contributed by atoms with van der Waals surface area (Å²) in [4.78, 5) is 11.6. The van der Waals surface area contributed by atoms with Crippen LogP contribution in [0.25, 0.3) is 0 Å². The van der Waals surface area contributed by atoms with E-state index in [1.165, 1.54) is 0 Å². The minimum absolute atomic E-state index is 0.256. The third kappa shape index (κ3) is 1.57. The van der Waals surface area contributed by atoms with E-state index in [1.807, 2.05) is 19.1 Å². The molecule has 0 heterocycles. The lowest BCUT2D eigenvalue weighted by molar-refractivity contribution is 0.0967. The largest absolute Gasteiger partial charge is 0.398 e. The number of hydrogen-bond donors (Lipinski definition) is 1. The molecule has 0 saturated heterocycles. The molecule has 1 fully saturated rings. The fourth-order valence-corrected chi connectivity index (χ4v) is 1.37. The van der Waals surface area contributed by atoms with Crippen LogP contribution in [0.4, 0.5) is 5.69 Å². The van der Waals surface area contributed by atoms with Crippen molar-refractivity contribution in [1.82, 2.24) is 0 Å². The van der Waals surface area contributed by atoms with Crippen molar-refractivity contribution in [2.24, 2.45) is 5.92 Å². The van der Waals surface area contributed by atoms with E-state index in [4.69, 9.17) is 5.73 Å². The van der Waals surface area contributed by atoms with E-state index in [1.54, 1.807) is 6.07 Å². The minimum Gasteiger partial charge on any atom is -0.398 e.